The number of carbonyl (C=O) groups is 1. The maximum atomic E-state index is 13.1. The van der Waals surface area contributed by atoms with Gasteiger partial charge in [0.1, 0.15) is 17.7 Å². The number of rotatable bonds is 5. The molecule has 0 radical (unpaired) electrons. The van der Waals surface area contributed by atoms with Crippen LogP contribution in [0.2, 0.25) is 0 Å². The second-order valence-electron chi connectivity index (χ2n) is 7.44. The maximum Gasteiger partial charge on any atom is 0.226 e. The molecule has 1 saturated carbocycles. The molecule has 3 nitrogen and oxygen atoms in total. The quantitative estimate of drug-likeness (QED) is 0.692. The number of thioether (sulfide) groups is 1. The normalized spacial score (nSPS) is 20.6. The summed E-state index contributed by atoms with van der Waals surface area (Å²) in [6, 6.07) is 18.5. The van der Waals surface area contributed by atoms with Gasteiger partial charge in [-0.2, -0.15) is 0 Å². The van der Waals surface area contributed by atoms with Gasteiger partial charge in [0, 0.05) is 18.2 Å². The second kappa shape index (κ2) is 8.83. The Bertz CT molecular complexity index is 758. The fourth-order valence-corrected chi connectivity index (χ4v) is 5.31. The minimum absolute atomic E-state index is 0.125. The molecule has 4 rings (SSSR count). The Morgan fingerprint density at radius 2 is 1.85 bits per heavy atom. The van der Waals surface area contributed by atoms with Crippen molar-refractivity contribution in [2.45, 2.75) is 44.1 Å². The largest absolute Gasteiger partial charge is 0.489 e. The standard InChI is InChI=1S/C23H27NO2S/c25-22(19-10-5-2-6-11-19)24-14-15-27-23(24)20-12-7-13-21(16-20)26-17-18-8-3-1-4-9-18/h1,3-4,7-9,12-13,16,19,23H,2,5-6,10-11,14-15,17H2/t23-/m1/s1. The van der Waals surface area contributed by atoms with E-state index in [1.165, 1.54) is 24.8 Å². The van der Waals surface area contributed by atoms with Crippen LogP contribution in [0.25, 0.3) is 0 Å². The molecule has 0 bridgehead atoms. The number of hydrogen-bond acceptors (Lipinski definition) is 3. The van der Waals surface area contributed by atoms with Crippen molar-refractivity contribution in [1.29, 1.82) is 0 Å². The first kappa shape index (κ1) is 18.4. The van der Waals surface area contributed by atoms with E-state index >= 15 is 0 Å². The number of benzene rings is 2. The maximum absolute atomic E-state index is 13.1. The Morgan fingerprint density at radius 1 is 1.04 bits per heavy atom. The van der Waals surface area contributed by atoms with Gasteiger partial charge in [-0.05, 0) is 36.1 Å². The zero-order valence-electron chi connectivity index (χ0n) is 15.7. The first-order valence-electron chi connectivity index (χ1n) is 10.00. The lowest BCUT2D eigenvalue weighted by atomic mass is 9.88. The van der Waals surface area contributed by atoms with E-state index < -0.39 is 0 Å². The number of amides is 1. The lowest BCUT2D eigenvalue weighted by Gasteiger charge is -2.30. The highest BCUT2D eigenvalue weighted by atomic mass is 32.2. The molecule has 1 heterocycles. The summed E-state index contributed by atoms with van der Waals surface area (Å²) in [6.07, 6.45) is 5.80. The summed E-state index contributed by atoms with van der Waals surface area (Å²) in [5, 5.41) is 0.125. The predicted molar refractivity (Wildman–Crippen MR) is 111 cm³/mol. The lowest BCUT2D eigenvalue weighted by molar-refractivity contribution is -0.136. The molecular weight excluding hydrogens is 354 g/mol. The Kier molecular flexibility index (Phi) is 6.03. The molecule has 27 heavy (non-hydrogen) atoms. The zero-order chi connectivity index (χ0) is 18.5. The van der Waals surface area contributed by atoms with Crippen LogP contribution in [0.15, 0.2) is 54.6 Å². The van der Waals surface area contributed by atoms with Gasteiger partial charge in [-0.15, -0.1) is 11.8 Å². The molecule has 0 N–H and O–H groups in total. The fourth-order valence-electron chi connectivity index (χ4n) is 4.05. The molecule has 4 heteroatoms. The zero-order valence-corrected chi connectivity index (χ0v) is 16.5. The van der Waals surface area contributed by atoms with Crippen LogP contribution in [0.5, 0.6) is 5.75 Å². The van der Waals surface area contributed by atoms with Gasteiger partial charge < -0.3 is 9.64 Å². The van der Waals surface area contributed by atoms with Gasteiger partial charge in [-0.1, -0.05) is 61.7 Å². The Labute approximate surface area is 166 Å². The first-order valence-corrected chi connectivity index (χ1v) is 11.0. The lowest BCUT2D eigenvalue weighted by Crippen LogP contribution is -2.36. The van der Waals surface area contributed by atoms with E-state index in [2.05, 4.69) is 29.2 Å². The van der Waals surface area contributed by atoms with Gasteiger partial charge in [0.25, 0.3) is 0 Å². The van der Waals surface area contributed by atoms with Gasteiger partial charge >= 0.3 is 0 Å². The van der Waals surface area contributed by atoms with Gasteiger partial charge in [0.05, 0.1) is 0 Å². The summed E-state index contributed by atoms with van der Waals surface area (Å²) in [7, 11) is 0. The highest BCUT2D eigenvalue weighted by Crippen LogP contribution is 2.41. The van der Waals surface area contributed by atoms with Crippen LogP contribution in [0, 0.1) is 5.92 Å². The van der Waals surface area contributed by atoms with Crippen molar-refractivity contribution in [2.24, 2.45) is 5.92 Å². The topological polar surface area (TPSA) is 29.5 Å². The van der Waals surface area contributed by atoms with Crippen molar-refractivity contribution < 1.29 is 9.53 Å². The average molecular weight is 382 g/mol. The molecule has 2 fully saturated rings. The molecule has 2 aliphatic rings. The molecule has 0 aromatic heterocycles. The third kappa shape index (κ3) is 4.49. The van der Waals surface area contributed by atoms with E-state index in [0.717, 1.165) is 36.5 Å². The summed E-state index contributed by atoms with van der Waals surface area (Å²) >= 11 is 1.87. The average Bonchev–Trinajstić information content (AvgIpc) is 3.23. The van der Waals surface area contributed by atoms with E-state index in [1.807, 2.05) is 42.1 Å². The molecule has 1 amide bonds. The molecule has 142 valence electrons. The van der Waals surface area contributed by atoms with Crippen molar-refractivity contribution in [2.75, 3.05) is 12.3 Å². The Balaban J connectivity index is 1.44. The summed E-state index contributed by atoms with van der Waals surface area (Å²) in [5.41, 5.74) is 2.33. The van der Waals surface area contributed by atoms with Crippen molar-refractivity contribution in [3.8, 4) is 5.75 Å². The highest BCUT2D eigenvalue weighted by Gasteiger charge is 2.35. The Hall–Kier alpha value is -1.94. The SMILES string of the molecule is O=C(C1CCCCC1)N1CCS[C@@H]1c1cccc(OCc2ccccc2)c1. The van der Waals surface area contributed by atoms with Crippen LogP contribution in [0.4, 0.5) is 0 Å². The van der Waals surface area contributed by atoms with Crippen LogP contribution < -0.4 is 4.74 Å². The van der Waals surface area contributed by atoms with Crippen LogP contribution in [-0.4, -0.2) is 23.1 Å². The predicted octanol–water partition coefficient (Wildman–Crippen LogP) is 5.42. The molecule has 0 spiro atoms. The van der Waals surface area contributed by atoms with Crippen LogP contribution in [0.1, 0.15) is 48.6 Å². The van der Waals surface area contributed by atoms with E-state index in [0.29, 0.717) is 12.5 Å². The van der Waals surface area contributed by atoms with Gasteiger partial charge in [-0.25, -0.2) is 0 Å². The summed E-state index contributed by atoms with van der Waals surface area (Å²) in [5.74, 6) is 2.48. The fraction of sp³-hybridized carbons (Fsp3) is 0.435. The molecule has 1 atom stereocenters. The number of nitrogens with zero attached hydrogens (tertiary/aromatic N) is 1. The monoisotopic (exact) mass is 381 g/mol. The second-order valence-corrected chi connectivity index (χ2v) is 8.62. The molecule has 1 saturated heterocycles. The summed E-state index contributed by atoms with van der Waals surface area (Å²) in [6.45, 7) is 1.42. The molecular formula is C23H27NO2S. The summed E-state index contributed by atoms with van der Waals surface area (Å²) in [4.78, 5) is 15.2. The van der Waals surface area contributed by atoms with E-state index in [-0.39, 0.29) is 11.3 Å². The molecule has 1 aliphatic carbocycles. The van der Waals surface area contributed by atoms with E-state index in [1.54, 1.807) is 0 Å². The van der Waals surface area contributed by atoms with Crippen molar-refractivity contribution in [3.05, 3.63) is 65.7 Å². The number of carbonyl (C=O) groups excluding carboxylic acids is 1. The molecule has 1 aliphatic heterocycles. The third-order valence-corrected chi connectivity index (χ3v) is 6.78. The van der Waals surface area contributed by atoms with E-state index in [9.17, 15) is 4.79 Å². The summed E-state index contributed by atoms with van der Waals surface area (Å²) < 4.78 is 5.99. The number of ether oxygens (including phenoxy) is 1. The molecule has 0 unspecified atom stereocenters. The van der Waals surface area contributed by atoms with Gasteiger partial charge in [-0.3, -0.25) is 4.79 Å². The van der Waals surface area contributed by atoms with Crippen LogP contribution >= 0.6 is 11.8 Å². The minimum Gasteiger partial charge on any atom is -0.489 e. The highest BCUT2D eigenvalue weighted by molar-refractivity contribution is 7.99. The minimum atomic E-state index is 0.125. The van der Waals surface area contributed by atoms with Gasteiger partial charge in [0.15, 0.2) is 0 Å². The van der Waals surface area contributed by atoms with Crippen molar-refractivity contribution in [3.63, 3.8) is 0 Å². The van der Waals surface area contributed by atoms with Crippen molar-refractivity contribution >= 4 is 17.7 Å². The van der Waals surface area contributed by atoms with E-state index in [4.69, 9.17) is 4.74 Å². The van der Waals surface area contributed by atoms with Crippen LogP contribution in [0.3, 0.4) is 0 Å². The van der Waals surface area contributed by atoms with Crippen LogP contribution in [-0.2, 0) is 11.4 Å². The smallest absolute Gasteiger partial charge is 0.226 e. The molecule has 2 aromatic carbocycles. The first-order chi connectivity index (χ1) is 13.3. The van der Waals surface area contributed by atoms with Gasteiger partial charge in [0.2, 0.25) is 5.91 Å². The van der Waals surface area contributed by atoms with Crippen molar-refractivity contribution in [1.82, 2.24) is 4.90 Å². The third-order valence-electron chi connectivity index (χ3n) is 5.52. The molecule has 2 aromatic rings. The number of hydrogen-bond donors (Lipinski definition) is 0. The Morgan fingerprint density at radius 3 is 2.67 bits per heavy atom.